The van der Waals surface area contributed by atoms with Gasteiger partial charge in [-0.05, 0) is 78.4 Å². The third-order valence-electron chi connectivity index (χ3n) is 5.74. The first-order chi connectivity index (χ1) is 15.1. The van der Waals surface area contributed by atoms with Gasteiger partial charge in [-0.15, -0.1) is 0 Å². The number of carbonyl (C=O) groups is 1. The molecular weight excluding hydrogens is 388 g/mol. The summed E-state index contributed by atoms with van der Waals surface area (Å²) in [6.45, 7) is 4.36. The molecule has 3 heterocycles. The Morgan fingerprint density at radius 1 is 1.23 bits per heavy atom. The summed E-state index contributed by atoms with van der Waals surface area (Å²) >= 11 is 0. The van der Waals surface area contributed by atoms with Gasteiger partial charge in [0.15, 0.2) is 0 Å². The molecule has 0 atom stereocenters. The molecule has 0 spiro atoms. The quantitative estimate of drug-likeness (QED) is 0.498. The maximum Gasteiger partial charge on any atom is 0.307 e. The van der Waals surface area contributed by atoms with Crippen LogP contribution < -0.4 is 4.74 Å². The normalized spacial score (nSPS) is 12.3. The van der Waals surface area contributed by atoms with Crippen LogP contribution in [0, 0.1) is 18.8 Å². The topological polar surface area (TPSA) is 72.3 Å². The molecule has 0 amide bonds. The molecule has 1 aliphatic rings. The van der Waals surface area contributed by atoms with Crippen LogP contribution in [0.5, 0.6) is 5.75 Å². The number of aryl methyl sites for hydroxylation is 1. The average Bonchev–Trinajstić information content (AvgIpc) is 2.75. The molecule has 1 aliphatic heterocycles. The van der Waals surface area contributed by atoms with E-state index in [-0.39, 0.29) is 6.42 Å². The lowest BCUT2D eigenvalue weighted by Gasteiger charge is -2.21. The summed E-state index contributed by atoms with van der Waals surface area (Å²) in [5.74, 6) is 5.83. The lowest BCUT2D eigenvalue weighted by atomic mass is 9.88. The number of aromatic nitrogens is 2. The zero-order chi connectivity index (χ0) is 21.5. The zero-order valence-electron chi connectivity index (χ0n) is 17.3. The summed E-state index contributed by atoms with van der Waals surface area (Å²) in [7, 11) is 0. The number of nitrogens with zero attached hydrogens (tertiary/aromatic N) is 2. The molecule has 0 bridgehead atoms. The summed E-state index contributed by atoms with van der Waals surface area (Å²) < 4.78 is 5.87. The van der Waals surface area contributed by atoms with E-state index in [1.165, 1.54) is 5.56 Å². The average molecular weight is 408 g/mol. The first kappa shape index (κ1) is 19.1. The number of hydrogen-bond acceptors (Lipinski definition) is 4. The van der Waals surface area contributed by atoms with Gasteiger partial charge in [-0.3, -0.25) is 9.78 Å². The van der Waals surface area contributed by atoms with Gasteiger partial charge in [-0.25, -0.2) is 4.98 Å². The molecule has 0 saturated heterocycles. The van der Waals surface area contributed by atoms with Gasteiger partial charge in [0.2, 0.25) is 0 Å². The van der Waals surface area contributed by atoms with Crippen molar-refractivity contribution in [2.75, 3.05) is 6.61 Å². The molecule has 0 radical (unpaired) electrons. The molecule has 5 nitrogen and oxygen atoms in total. The van der Waals surface area contributed by atoms with E-state index in [0.29, 0.717) is 12.3 Å². The minimum Gasteiger partial charge on any atom is -0.493 e. The second-order valence-corrected chi connectivity index (χ2v) is 7.66. The maximum atomic E-state index is 11.7. The van der Waals surface area contributed by atoms with Crippen LogP contribution in [-0.4, -0.2) is 27.7 Å². The molecule has 152 valence electrons. The van der Waals surface area contributed by atoms with Gasteiger partial charge in [0.05, 0.1) is 24.1 Å². The van der Waals surface area contributed by atoms with Crippen molar-refractivity contribution in [3.8, 4) is 28.7 Å². The van der Waals surface area contributed by atoms with Gasteiger partial charge >= 0.3 is 5.97 Å². The molecule has 5 heteroatoms. The smallest absolute Gasteiger partial charge is 0.307 e. The summed E-state index contributed by atoms with van der Waals surface area (Å²) in [4.78, 5) is 21.1. The second kappa shape index (κ2) is 7.41. The molecule has 1 N–H and O–H groups in total. The molecule has 0 unspecified atom stereocenters. The van der Waals surface area contributed by atoms with Gasteiger partial charge in [-0.1, -0.05) is 5.92 Å². The number of rotatable bonds is 3. The molecule has 0 saturated carbocycles. The number of fused-ring (bicyclic) bond motifs is 1. The predicted molar refractivity (Wildman–Crippen MR) is 120 cm³/mol. The molecule has 31 heavy (non-hydrogen) atoms. The first-order valence-corrected chi connectivity index (χ1v) is 10.2. The largest absolute Gasteiger partial charge is 0.493 e. The number of hydrogen-bond donors (Lipinski definition) is 1. The molecule has 2 aromatic carbocycles. The van der Waals surface area contributed by atoms with E-state index in [1.54, 1.807) is 6.92 Å². The van der Waals surface area contributed by atoms with Crippen molar-refractivity contribution < 1.29 is 14.6 Å². The minimum absolute atomic E-state index is 0.0763. The summed E-state index contributed by atoms with van der Waals surface area (Å²) in [5, 5.41) is 11.5. The summed E-state index contributed by atoms with van der Waals surface area (Å²) in [6, 6.07) is 11.8. The van der Waals surface area contributed by atoms with E-state index in [0.717, 1.165) is 56.2 Å². The summed E-state index contributed by atoms with van der Waals surface area (Å²) in [5.41, 5.74) is 6.92. The Morgan fingerprint density at radius 2 is 2.10 bits per heavy atom. The van der Waals surface area contributed by atoms with Gasteiger partial charge in [0.1, 0.15) is 11.4 Å². The Bertz CT molecular complexity index is 1430. The number of carboxylic acid groups (broad SMARTS) is 1. The summed E-state index contributed by atoms with van der Waals surface area (Å²) in [6.07, 6.45) is 2.57. The number of aliphatic carboxylic acids is 1. The van der Waals surface area contributed by atoms with Crippen LogP contribution in [0.1, 0.15) is 29.3 Å². The monoisotopic (exact) mass is 408 g/mol. The highest BCUT2D eigenvalue weighted by molar-refractivity contribution is 6.07. The van der Waals surface area contributed by atoms with E-state index < -0.39 is 5.97 Å². The fraction of sp³-hybridized carbons (Fsp3) is 0.192. The van der Waals surface area contributed by atoms with Gasteiger partial charge < -0.3 is 9.84 Å². The highest BCUT2D eigenvalue weighted by Crippen LogP contribution is 2.42. The van der Waals surface area contributed by atoms with Crippen molar-refractivity contribution in [2.24, 2.45) is 0 Å². The number of carboxylic acids is 1. The maximum absolute atomic E-state index is 11.7. The number of pyridine rings is 2. The van der Waals surface area contributed by atoms with E-state index >= 15 is 0 Å². The first-order valence-electron chi connectivity index (χ1n) is 10.2. The third kappa shape index (κ3) is 3.17. The minimum atomic E-state index is -0.871. The zero-order valence-corrected chi connectivity index (χ0v) is 17.3. The second-order valence-electron chi connectivity index (χ2n) is 7.66. The van der Waals surface area contributed by atoms with Crippen molar-refractivity contribution in [1.29, 1.82) is 0 Å². The van der Waals surface area contributed by atoms with Crippen LogP contribution >= 0.6 is 0 Å². The van der Waals surface area contributed by atoms with Crippen LogP contribution in [0.15, 0.2) is 42.6 Å². The highest BCUT2D eigenvalue weighted by Gasteiger charge is 2.22. The van der Waals surface area contributed by atoms with Crippen LogP contribution in [0.25, 0.3) is 32.9 Å². The van der Waals surface area contributed by atoms with Gasteiger partial charge in [0, 0.05) is 29.0 Å². The van der Waals surface area contributed by atoms with Crippen LogP contribution in [0.3, 0.4) is 0 Å². The molecule has 0 fully saturated rings. The standard InChI is InChI=1S/C26H20N2O3/c1-3-4-17-5-6-18-21(28-17)13-15(2)20(14-23(29)30)25(18)19-7-8-22-24-16(10-12-31-22)9-11-27-26(19)24/h5-9,11,13H,10,12,14H2,1-2H3,(H,29,30). The van der Waals surface area contributed by atoms with Crippen LogP contribution in [0.2, 0.25) is 0 Å². The Labute approximate surface area is 179 Å². The Hall–Kier alpha value is -3.91. The van der Waals surface area contributed by atoms with Crippen molar-refractivity contribution in [1.82, 2.24) is 9.97 Å². The van der Waals surface area contributed by atoms with E-state index in [4.69, 9.17) is 14.7 Å². The molecule has 2 aromatic heterocycles. The Balaban J connectivity index is 1.90. The SMILES string of the molecule is CC#Cc1ccc2c(-c3ccc4c5c(ccnc35)CCO4)c(CC(=O)O)c(C)cc2n1. The molecule has 4 aromatic rings. The Kier molecular flexibility index (Phi) is 4.56. The van der Waals surface area contributed by atoms with Gasteiger partial charge in [-0.2, -0.15) is 0 Å². The lowest BCUT2D eigenvalue weighted by Crippen LogP contribution is -2.10. The molecular formula is C26H20N2O3. The van der Waals surface area contributed by atoms with E-state index in [2.05, 4.69) is 11.8 Å². The fourth-order valence-corrected chi connectivity index (χ4v) is 4.44. The molecule has 5 rings (SSSR count). The van der Waals surface area contributed by atoms with Crippen molar-refractivity contribution in [2.45, 2.75) is 26.7 Å². The van der Waals surface area contributed by atoms with Crippen molar-refractivity contribution in [3.63, 3.8) is 0 Å². The van der Waals surface area contributed by atoms with Crippen LogP contribution in [0.4, 0.5) is 0 Å². The van der Waals surface area contributed by atoms with Crippen molar-refractivity contribution in [3.05, 3.63) is 65.0 Å². The predicted octanol–water partition coefficient (Wildman–Crippen LogP) is 4.69. The van der Waals surface area contributed by atoms with Gasteiger partial charge in [0.25, 0.3) is 0 Å². The lowest BCUT2D eigenvalue weighted by molar-refractivity contribution is -0.136. The van der Waals surface area contributed by atoms with Crippen LogP contribution in [-0.2, 0) is 17.6 Å². The highest BCUT2D eigenvalue weighted by atomic mass is 16.5. The van der Waals surface area contributed by atoms with Crippen molar-refractivity contribution >= 4 is 27.8 Å². The molecule has 0 aliphatic carbocycles. The Morgan fingerprint density at radius 3 is 2.90 bits per heavy atom. The number of benzene rings is 2. The van der Waals surface area contributed by atoms with E-state index in [9.17, 15) is 9.90 Å². The third-order valence-corrected chi connectivity index (χ3v) is 5.74. The fourth-order valence-electron chi connectivity index (χ4n) is 4.44. The van der Waals surface area contributed by atoms with E-state index in [1.807, 2.05) is 49.5 Å². The number of ether oxygens (including phenoxy) is 1.